The molecule has 0 unspecified atom stereocenters. The van der Waals surface area contributed by atoms with Gasteiger partial charge in [-0.25, -0.2) is 0 Å². The first-order chi connectivity index (χ1) is 10.1. The van der Waals surface area contributed by atoms with Gasteiger partial charge in [0.1, 0.15) is 6.61 Å². The van der Waals surface area contributed by atoms with Crippen LogP contribution in [0.25, 0.3) is 0 Å². The Morgan fingerprint density at radius 3 is 2.86 bits per heavy atom. The Hall–Kier alpha value is -0.690. The number of piperidine rings is 1. The van der Waals surface area contributed by atoms with Gasteiger partial charge in [-0.15, -0.1) is 0 Å². The largest absolute Gasteiger partial charge is 0.388 e. The first kappa shape index (κ1) is 16.7. The van der Waals surface area contributed by atoms with E-state index >= 15 is 0 Å². The molecule has 0 aromatic heterocycles. The van der Waals surface area contributed by atoms with Crippen LogP contribution < -0.4 is 5.32 Å². The van der Waals surface area contributed by atoms with Crippen LogP contribution in [0.3, 0.4) is 0 Å². The van der Waals surface area contributed by atoms with Crippen molar-refractivity contribution in [3.8, 4) is 0 Å². The van der Waals surface area contributed by atoms with E-state index in [0.29, 0.717) is 26.0 Å². The normalized spacial score (nSPS) is 26.5. The molecule has 2 rings (SSSR count). The van der Waals surface area contributed by atoms with Crippen LogP contribution in [0.15, 0.2) is 0 Å². The third-order valence-corrected chi connectivity index (χ3v) is 4.34. The minimum Gasteiger partial charge on any atom is -0.388 e. The summed E-state index contributed by atoms with van der Waals surface area (Å²) >= 11 is 0. The Morgan fingerprint density at radius 2 is 2.19 bits per heavy atom. The van der Waals surface area contributed by atoms with Crippen molar-refractivity contribution in [3.05, 3.63) is 0 Å². The highest BCUT2D eigenvalue weighted by Crippen LogP contribution is 2.20. The molecule has 0 aliphatic carbocycles. The molecule has 2 N–H and O–H groups in total. The maximum atomic E-state index is 11.7. The van der Waals surface area contributed by atoms with E-state index in [-0.39, 0.29) is 18.6 Å². The van der Waals surface area contributed by atoms with E-state index in [0.717, 1.165) is 32.5 Å². The standard InChI is InChI=1S/C15H28N2O4/c1-17-7-5-15(19,6-8-17)12-16-14(18)11-20-10-13-4-2-3-9-21-13/h13,19H,2-12H2,1H3,(H,16,18)/t13-/m1/s1. The number of hydrogen-bond acceptors (Lipinski definition) is 5. The highest BCUT2D eigenvalue weighted by Gasteiger charge is 2.31. The molecule has 2 saturated heterocycles. The van der Waals surface area contributed by atoms with Gasteiger partial charge in [-0.1, -0.05) is 0 Å². The van der Waals surface area contributed by atoms with Crippen LogP contribution in [0.5, 0.6) is 0 Å². The first-order valence-corrected chi connectivity index (χ1v) is 7.94. The Bertz CT molecular complexity index is 324. The molecule has 0 aromatic carbocycles. The van der Waals surface area contributed by atoms with E-state index in [1.807, 2.05) is 7.05 Å². The van der Waals surface area contributed by atoms with Gasteiger partial charge in [0.2, 0.25) is 5.91 Å². The fourth-order valence-electron chi connectivity index (χ4n) is 2.75. The van der Waals surface area contributed by atoms with Gasteiger partial charge < -0.3 is 24.8 Å². The number of carbonyl (C=O) groups excluding carboxylic acids is 1. The molecule has 0 bridgehead atoms. The van der Waals surface area contributed by atoms with Crippen LogP contribution in [-0.2, 0) is 14.3 Å². The lowest BCUT2D eigenvalue weighted by Crippen LogP contribution is -2.50. The van der Waals surface area contributed by atoms with E-state index in [1.165, 1.54) is 6.42 Å². The number of likely N-dealkylation sites (tertiary alicyclic amines) is 1. The number of nitrogens with zero attached hydrogens (tertiary/aromatic N) is 1. The van der Waals surface area contributed by atoms with Crippen LogP contribution >= 0.6 is 0 Å². The van der Waals surface area contributed by atoms with Gasteiger partial charge in [-0.05, 0) is 39.2 Å². The van der Waals surface area contributed by atoms with Crippen molar-refractivity contribution in [1.29, 1.82) is 0 Å². The summed E-state index contributed by atoms with van der Waals surface area (Å²) in [7, 11) is 2.04. The van der Waals surface area contributed by atoms with Gasteiger partial charge in [0.05, 0.1) is 18.3 Å². The first-order valence-electron chi connectivity index (χ1n) is 7.94. The number of hydrogen-bond donors (Lipinski definition) is 2. The van der Waals surface area contributed by atoms with Crippen LogP contribution in [-0.4, -0.2) is 74.1 Å². The summed E-state index contributed by atoms with van der Waals surface area (Å²) in [5.41, 5.74) is -0.769. The molecule has 2 aliphatic rings. The molecule has 0 radical (unpaired) electrons. The minimum atomic E-state index is -0.769. The van der Waals surface area contributed by atoms with Gasteiger partial charge in [0, 0.05) is 26.2 Å². The number of amides is 1. The molecule has 0 spiro atoms. The molecular weight excluding hydrogens is 272 g/mol. The topological polar surface area (TPSA) is 71.0 Å². The summed E-state index contributed by atoms with van der Waals surface area (Å²) < 4.78 is 10.9. The van der Waals surface area contributed by atoms with E-state index < -0.39 is 5.60 Å². The average molecular weight is 300 g/mol. The molecule has 21 heavy (non-hydrogen) atoms. The number of aliphatic hydroxyl groups is 1. The Morgan fingerprint density at radius 1 is 1.43 bits per heavy atom. The highest BCUT2D eigenvalue weighted by molar-refractivity contribution is 5.77. The monoisotopic (exact) mass is 300 g/mol. The van der Waals surface area contributed by atoms with Crippen molar-refractivity contribution < 1.29 is 19.4 Å². The smallest absolute Gasteiger partial charge is 0.246 e. The zero-order valence-electron chi connectivity index (χ0n) is 13.0. The lowest BCUT2D eigenvalue weighted by Gasteiger charge is -2.36. The molecule has 1 atom stereocenters. The summed E-state index contributed by atoms with van der Waals surface area (Å²) in [6.07, 6.45) is 4.81. The summed E-state index contributed by atoms with van der Waals surface area (Å²) in [5, 5.41) is 13.1. The van der Waals surface area contributed by atoms with Gasteiger partial charge in [0.25, 0.3) is 0 Å². The van der Waals surface area contributed by atoms with Crippen molar-refractivity contribution in [2.45, 2.75) is 43.8 Å². The SMILES string of the molecule is CN1CCC(O)(CNC(=O)COC[C@H]2CCCCO2)CC1. The second-order valence-corrected chi connectivity index (χ2v) is 6.31. The van der Waals surface area contributed by atoms with Crippen molar-refractivity contribution in [1.82, 2.24) is 10.2 Å². The summed E-state index contributed by atoms with van der Waals surface area (Å²) in [6.45, 7) is 3.34. The number of ether oxygens (including phenoxy) is 2. The van der Waals surface area contributed by atoms with E-state index in [1.54, 1.807) is 0 Å². The van der Waals surface area contributed by atoms with Crippen LogP contribution in [0.1, 0.15) is 32.1 Å². The quantitative estimate of drug-likeness (QED) is 0.730. The highest BCUT2D eigenvalue weighted by atomic mass is 16.5. The molecule has 1 amide bonds. The predicted octanol–water partition coefficient (Wildman–Crippen LogP) is 0.145. The molecular formula is C15H28N2O4. The molecule has 2 aliphatic heterocycles. The Kier molecular flexibility index (Phi) is 6.41. The molecule has 2 fully saturated rings. The zero-order valence-corrected chi connectivity index (χ0v) is 13.0. The summed E-state index contributed by atoms with van der Waals surface area (Å²) in [6, 6.07) is 0. The van der Waals surface area contributed by atoms with E-state index in [2.05, 4.69) is 10.2 Å². The lowest BCUT2D eigenvalue weighted by atomic mass is 9.91. The maximum absolute atomic E-state index is 11.7. The van der Waals surface area contributed by atoms with Crippen molar-refractivity contribution in [3.63, 3.8) is 0 Å². The molecule has 122 valence electrons. The predicted molar refractivity (Wildman–Crippen MR) is 79.1 cm³/mol. The van der Waals surface area contributed by atoms with Crippen LogP contribution in [0.2, 0.25) is 0 Å². The van der Waals surface area contributed by atoms with Gasteiger partial charge in [0.15, 0.2) is 0 Å². The Labute approximate surface area is 126 Å². The van der Waals surface area contributed by atoms with Crippen LogP contribution in [0.4, 0.5) is 0 Å². The lowest BCUT2D eigenvalue weighted by molar-refractivity contribution is -0.129. The van der Waals surface area contributed by atoms with Gasteiger partial charge >= 0.3 is 0 Å². The second-order valence-electron chi connectivity index (χ2n) is 6.31. The average Bonchev–Trinajstić information content (AvgIpc) is 2.50. The third-order valence-electron chi connectivity index (χ3n) is 4.34. The summed E-state index contributed by atoms with van der Waals surface area (Å²) in [4.78, 5) is 13.9. The van der Waals surface area contributed by atoms with Gasteiger partial charge in [-0.3, -0.25) is 4.79 Å². The van der Waals surface area contributed by atoms with Crippen molar-refractivity contribution >= 4 is 5.91 Å². The van der Waals surface area contributed by atoms with Gasteiger partial charge in [-0.2, -0.15) is 0 Å². The molecule has 0 saturated carbocycles. The fourth-order valence-corrected chi connectivity index (χ4v) is 2.75. The summed E-state index contributed by atoms with van der Waals surface area (Å²) in [5.74, 6) is -0.168. The zero-order chi connectivity index (χ0) is 15.1. The maximum Gasteiger partial charge on any atom is 0.246 e. The van der Waals surface area contributed by atoms with Crippen molar-refractivity contribution in [2.24, 2.45) is 0 Å². The number of carbonyl (C=O) groups is 1. The number of nitrogens with one attached hydrogen (secondary N) is 1. The molecule has 0 aromatic rings. The fraction of sp³-hybridized carbons (Fsp3) is 0.933. The third kappa shape index (κ3) is 5.90. The molecule has 6 heteroatoms. The Balaban J connectivity index is 1.56. The second kappa shape index (κ2) is 8.08. The molecule has 6 nitrogen and oxygen atoms in total. The van der Waals surface area contributed by atoms with Crippen LogP contribution in [0, 0.1) is 0 Å². The van der Waals surface area contributed by atoms with E-state index in [4.69, 9.17) is 9.47 Å². The number of rotatable bonds is 6. The van der Waals surface area contributed by atoms with Crippen molar-refractivity contribution in [2.75, 3.05) is 46.5 Å². The van der Waals surface area contributed by atoms with E-state index in [9.17, 15) is 9.90 Å². The minimum absolute atomic E-state index is 0.0375. The molecule has 2 heterocycles.